The third-order valence-corrected chi connectivity index (χ3v) is 21.0. The smallest absolute Gasteiger partial charge is 0.324 e. The van der Waals surface area contributed by atoms with Crippen molar-refractivity contribution in [1.29, 1.82) is 0 Å². The molecule has 6 bridgehead atoms. The number of hydrazine groups is 1. The van der Waals surface area contributed by atoms with Crippen LogP contribution in [0.1, 0.15) is 141 Å². The van der Waals surface area contributed by atoms with Crippen LogP contribution in [0.5, 0.6) is 0 Å². The molecule has 2 saturated carbocycles. The largest absolute Gasteiger partial charge is 0.464 e. The maximum absolute atomic E-state index is 15.3. The van der Waals surface area contributed by atoms with Crippen molar-refractivity contribution in [3.63, 3.8) is 0 Å². The summed E-state index contributed by atoms with van der Waals surface area (Å²) in [6.07, 6.45) is 19.1. The molecule has 8 fully saturated rings. The fourth-order valence-corrected chi connectivity index (χ4v) is 16.2. The molecule has 438 valence electrons. The van der Waals surface area contributed by atoms with Gasteiger partial charge in [0.25, 0.3) is 5.91 Å². The van der Waals surface area contributed by atoms with E-state index >= 15 is 9.59 Å². The van der Waals surface area contributed by atoms with Crippen LogP contribution in [0.25, 0.3) is 27.7 Å². The van der Waals surface area contributed by atoms with E-state index in [0.29, 0.717) is 56.9 Å². The van der Waals surface area contributed by atoms with Crippen molar-refractivity contribution in [1.82, 2.24) is 50.2 Å². The average molecular weight is 1110 g/mol. The molecule has 3 aromatic rings. The molecule has 6 saturated heterocycles. The average Bonchev–Trinajstić information content (AvgIpc) is 4.44. The molecule has 1 unspecified atom stereocenters. The number of hydrogen-bond acceptors (Lipinski definition) is 13. The Kier molecular flexibility index (Phi) is 15.4. The molecule has 10 heterocycles. The Morgan fingerprint density at radius 2 is 1.74 bits per heavy atom. The lowest BCUT2D eigenvalue weighted by Gasteiger charge is -2.45. The lowest BCUT2D eigenvalue weighted by atomic mass is 9.84. The standard InChI is InChI=1S/C64H91N11O6/c1-6-74-53-21-20-44-31-48(53)50(58(74)49-32-47(34-65-54(49)41(2)80-5)71-30-29-70-25-10-9-16-46(70)36-71)33-63(3,4)40-81-62(79)51-17-12-26-75(68-51)60(77)52(37-69-24-11-15-45(44)35-69)66-59(76)57(43-13-7-8-14-43)72-27-22-64(38-72)23-28-73(39-64)61(78)56-55(67-56)42-18-19-42/h15,20-21,31-32,34,41-43,46,51-52,55-57,67-68H,6-14,16-19,22-30,33,35-40H2,1-5H3,(H,66,76)/t41-,46+,51-,52-,55+,56+,57-,64-/m0/s1. The van der Waals surface area contributed by atoms with Crippen molar-refractivity contribution >= 4 is 45.9 Å². The van der Waals surface area contributed by atoms with Crippen LogP contribution in [0, 0.1) is 22.7 Å². The summed E-state index contributed by atoms with van der Waals surface area (Å²) in [7, 11) is 1.76. The first kappa shape index (κ1) is 55.3. The molecule has 17 nitrogen and oxygen atoms in total. The zero-order valence-corrected chi connectivity index (χ0v) is 49.2. The van der Waals surface area contributed by atoms with Gasteiger partial charge in [0, 0.05) is 118 Å². The minimum absolute atomic E-state index is 0.0198. The summed E-state index contributed by atoms with van der Waals surface area (Å²) in [6, 6.07) is 8.30. The molecular formula is C64H91N11O6. The number of likely N-dealkylation sites (tertiary alicyclic amines) is 2. The second-order valence-corrected chi connectivity index (χ2v) is 27.2. The Labute approximate surface area is 480 Å². The van der Waals surface area contributed by atoms with E-state index in [1.807, 2.05) is 0 Å². The van der Waals surface area contributed by atoms with E-state index in [1.165, 1.54) is 55.2 Å². The van der Waals surface area contributed by atoms with Crippen LogP contribution in [0.4, 0.5) is 5.69 Å². The van der Waals surface area contributed by atoms with Gasteiger partial charge in [0.05, 0.1) is 42.0 Å². The molecule has 2 aliphatic carbocycles. The molecule has 8 aliphatic heterocycles. The molecule has 13 rings (SSSR count). The summed E-state index contributed by atoms with van der Waals surface area (Å²) < 4.78 is 14.9. The number of amides is 3. The van der Waals surface area contributed by atoms with E-state index < -0.39 is 17.5 Å². The molecular weight excluding hydrogens is 1020 g/mol. The Morgan fingerprint density at radius 1 is 0.914 bits per heavy atom. The minimum Gasteiger partial charge on any atom is -0.464 e. The topological polar surface area (TPSA) is 170 Å². The molecule has 9 atom stereocenters. The van der Waals surface area contributed by atoms with Gasteiger partial charge >= 0.3 is 5.97 Å². The lowest BCUT2D eigenvalue weighted by Crippen LogP contribution is -2.63. The zero-order chi connectivity index (χ0) is 55.7. The monoisotopic (exact) mass is 1110 g/mol. The molecule has 1 spiro atoms. The first-order valence-electron chi connectivity index (χ1n) is 31.7. The number of benzene rings is 1. The third-order valence-electron chi connectivity index (χ3n) is 21.0. The molecule has 1 aromatic carbocycles. The van der Waals surface area contributed by atoms with Gasteiger partial charge in [-0.1, -0.05) is 45.3 Å². The van der Waals surface area contributed by atoms with Gasteiger partial charge < -0.3 is 29.2 Å². The summed E-state index contributed by atoms with van der Waals surface area (Å²) in [5.74, 6) is 0.456. The number of fused-ring (bicyclic) bond motifs is 7. The van der Waals surface area contributed by atoms with Gasteiger partial charge in [0.15, 0.2) is 0 Å². The van der Waals surface area contributed by atoms with Gasteiger partial charge in [-0.05, 0) is 151 Å². The summed E-state index contributed by atoms with van der Waals surface area (Å²) in [6.45, 7) is 19.1. The Hall–Kier alpha value is -4.91. The number of hydrogen-bond donors (Lipinski definition) is 3. The minimum atomic E-state index is -0.850. The number of esters is 1. The highest BCUT2D eigenvalue weighted by molar-refractivity contribution is 5.95. The van der Waals surface area contributed by atoms with Crippen LogP contribution >= 0.6 is 0 Å². The molecule has 3 N–H and O–H groups in total. The van der Waals surface area contributed by atoms with Gasteiger partial charge in [-0.3, -0.25) is 49.2 Å². The van der Waals surface area contributed by atoms with Gasteiger partial charge in [0.2, 0.25) is 11.8 Å². The maximum Gasteiger partial charge on any atom is 0.324 e. The van der Waals surface area contributed by atoms with Crippen molar-refractivity contribution in [3.8, 4) is 11.3 Å². The zero-order valence-electron chi connectivity index (χ0n) is 49.2. The highest BCUT2D eigenvalue weighted by Crippen LogP contribution is 2.46. The summed E-state index contributed by atoms with van der Waals surface area (Å²) in [4.78, 5) is 76.0. The SMILES string of the molecule is CCn1c(-c2cc(N3CCN4CCCC[C@@H]4C3)cnc2[C@H](C)OC)c2c3cc(ccc31)C1=CCCN(C1)C[C@H](NC(=O)[C@H](C1CCCC1)N1CC[C@]3(CCN(C(=O)[C@@H]4N[C@@H]4C4CC4)C3)C1)C(=O)N1CCC[C@H](N1)C(=O)OCC(C)(C)C2. The van der Waals surface area contributed by atoms with Crippen LogP contribution in [-0.4, -0.2) is 186 Å². The van der Waals surface area contributed by atoms with Crippen LogP contribution in [0.15, 0.2) is 36.5 Å². The normalized spacial score (nSPS) is 31.2. The van der Waals surface area contributed by atoms with Gasteiger partial charge in [-0.2, -0.15) is 0 Å². The number of nitrogens with one attached hydrogen (secondary N) is 3. The molecule has 3 amide bonds. The number of carbonyl (C=O) groups is 4. The maximum atomic E-state index is 15.3. The van der Waals surface area contributed by atoms with E-state index in [-0.39, 0.29) is 59.8 Å². The van der Waals surface area contributed by atoms with Crippen LogP contribution in [0.3, 0.4) is 0 Å². The Balaban J connectivity index is 0.814. The van der Waals surface area contributed by atoms with E-state index in [1.54, 1.807) is 12.1 Å². The van der Waals surface area contributed by atoms with Crippen molar-refractivity contribution in [2.24, 2.45) is 22.7 Å². The third kappa shape index (κ3) is 11.1. The number of ether oxygens (including phenoxy) is 2. The van der Waals surface area contributed by atoms with E-state index in [4.69, 9.17) is 14.5 Å². The highest BCUT2D eigenvalue weighted by Gasteiger charge is 2.55. The second-order valence-electron chi connectivity index (χ2n) is 27.2. The first-order valence-corrected chi connectivity index (χ1v) is 31.7. The number of rotatable bonds is 11. The number of carbonyl (C=O) groups excluding carboxylic acids is 4. The summed E-state index contributed by atoms with van der Waals surface area (Å²) in [5.41, 5.74) is 11.8. The number of cyclic esters (lactones) is 1. The van der Waals surface area contributed by atoms with Gasteiger partial charge in [0.1, 0.15) is 18.1 Å². The molecule has 0 radical (unpaired) electrons. The number of methoxy groups -OCH3 is 1. The van der Waals surface area contributed by atoms with E-state index in [2.05, 4.69) is 109 Å². The number of anilines is 1. The van der Waals surface area contributed by atoms with E-state index in [9.17, 15) is 9.59 Å². The number of piperazine rings is 1. The van der Waals surface area contributed by atoms with Crippen molar-refractivity contribution < 1.29 is 28.7 Å². The summed E-state index contributed by atoms with van der Waals surface area (Å²) >= 11 is 0. The fraction of sp³-hybridized carbons (Fsp3) is 0.703. The number of pyridine rings is 1. The quantitative estimate of drug-likeness (QED) is 0.140. The summed E-state index contributed by atoms with van der Waals surface area (Å²) in [5, 5.41) is 9.70. The molecule has 81 heavy (non-hydrogen) atoms. The number of piperidine rings is 1. The number of nitrogens with zero attached hydrogens (tertiary/aromatic N) is 8. The van der Waals surface area contributed by atoms with Crippen molar-refractivity contribution in [2.75, 3.05) is 97.2 Å². The Bertz CT molecular complexity index is 2910. The number of aryl methyl sites for hydroxylation is 1. The van der Waals surface area contributed by atoms with Crippen molar-refractivity contribution in [3.05, 3.63) is 53.4 Å². The molecule has 2 aromatic heterocycles. The van der Waals surface area contributed by atoms with Gasteiger partial charge in [-0.15, -0.1) is 0 Å². The lowest BCUT2D eigenvalue weighted by molar-refractivity contribution is -0.155. The Morgan fingerprint density at radius 3 is 2.56 bits per heavy atom. The van der Waals surface area contributed by atoms with Crippen molar-refractivity contribution in [2.45, 2.75) is 173 Å². The van der Waals surface area contributed by atoms with Crippen LogP contribution in [-0.2, 0) is 41.6 Å². The van der Waals surface area contributed by atoms with Crippen LogP contribution < -0.4 is 21.0 Å². The van der Waals surface area contributed by atoms with E-state index in [0.717, 1.165) is 138 Å². The highest BCUT2D eigenvalue weighted by atomic mass is 16.5. The molecule has 10 aliphatic rings. The second kappa shape index (κ2) is 22.6. The molecule has 17 heteroatoms. The van der Waals surface area contributed by atoms with Gasteiger partial charge in [-0.25, -0.2) is 5.43 Å². The predicted octanol–water partition coefficient (Wildman–Crippen LogP) is 6.53. The number of aromatic nitrogens is 2. The fourth-order valence-electron chi connectivity index (χ4n) is 16.2. The first-order chi connectivity index (χ1) is 39.3. The van der Waals surface area contributed by atoms with Crippen LogP contribution in [0.2, 0.25) is 0 Å². The predicted molar refractivity (Wildman–Crippen MR) is 314 cm³/mol.